The average molecular weight is 357 g/mol. The van der Waals surface area contributed by atoms with E-state index in [0.29, 0.717) is 13.0 Å². The van der Waals surface area contributed by atoms with Gasteiger partial charge in [-0.1, -0.05) is 18.2 Å². The molecular formula is C16H14F3NO3S. The maximum absolute atomic E-state index is 12.8. The van der Waals surface area contributed by atoms with E-state index in [9.17, 15) is 22.8 Å². The van der Waals surface area contributed by atoms with Crippen molar-refractivity contribution in [1.29, 1.82) is 0 Å². The van der Waals surface area contributed by atoms with Gasteiger partial charge in [-0.2, -0.15) is 13.2 Å². The summed E-state index contributed by atoms with van der Waals surface area (Å²) in [4.78, 5) is 24.4. The molecule has 0 saturated carbocycles. The van der Waals surface area contributed by atoms with Gasteiger partial charge in [0.25, 0.3) is 5.91 Å². The molecule has 0 bridgehead atoms. The summed E-state index contributed by atoms with van der Waals surface area (Å²) < 4.78 is 43.1. The minimum atomic E-state index is -4.67. The Balaban J connectivity index is 1.83. The van der Waals surface area contributed by atoms with Crippen molar-refractivity contribution >= 4 is 23.2 Å². The zero-order valence-electron chi connectivity index (χ0n) is 12.4. The SMILES string of the molecule is O=C(COC(=O)c1ccccc1C(F)(F)F)NCCc1cccs1. The van der Waals surface area contributed by atoms with Crippen molar-refractivity contribution in [2.45, 2.75) is 12.6 Å². The Morgan fingerprint density at radius 2 is 1.88 bits per heavy atom. The molecule has 0 atom stereocenters. The standard InChI is InChI=1S/C16H14F3NO3S/c17-16(18,19)13-6-2-1-5-12(13)15(22)23-10-14(21)20-8-7-11-4-3-9-24-11/h1-6,9H,7-8,10H2,(H,20,21). The third-order valence-electron chi connectivity index (χ3n) is 3.06. The Labute approximate surface area is 140 Å². The molecule has 2 rings (SSSR count). The fraction of sp³-hybridized carbons (Fsp3) is 0.250. The van der Waals surface area contributed by atoms with Gasteiger partial charge in [0.15, 0.2) is 6.61 Å². The van der Waals surface area contributed by atoms with Crippen LogP contribution in [-0.2, 0) is 22.1 Å². The van der Waals surface area contributed by atoms with Crippen molar-refractivity contribution in [1.82, 2.24) is 5.32 Å². The van der Waals surface area contributed by atoms with Crippen LogP contribution in [0.3, 0.4) is 0 Å². The van der Waals surface area contributed by atoms with Gasteiger partial charge in [0.2, 0.25) is 0 Å². The number of esters is 1. The quantitative estimate of drug-likeness (QED) is 0.808. The smallest absolute Gasteiger partial charge is 0.417 e. The van der Waals surface area contributed by atoms with Crippen LogP contribution in [0.5, 0.6) is 0 Å². The zero-order chi connectivity index (χ0) is 17.6. The Hall–Kier alpha value is -2.35. The summed E-state index contributed by atoms with van der Waals surface area (Å²) in [5, 5.41) is 4.45. The number of benzene rings is 1. The third kappa shape index (κ3) is 5.09. The Morgan fingerprint density at radius 3 is 2.54 bits per heavy atom. The van der Waals surface area contributed by atoms with Crippen LogP contribution in [0.1, 0.15) is 20.8 Å². The lowest BCUT2D eigenvalue weighted by atomic mass is 10.1. The number of amides is 1. The molecule has 1 heterocycles. The molecule has 1 N–H and O–H groups in total. The summed E-state index contributed by atoms with van der Waals surface area (Å²) in [7, 11) is 0. The van der Waals surface area contributed by atoms with Crippen molar-refractivity contribution in [2.24, 2.45) is 0 Å². The second-order valence-corrected chi connectivity index (χ2v) is 5.83. The monoisotopic (exact) mass is 357 g/mol. The molecule has 0 radical (unpaired) electrons. The van der Waals surface area contributed by atoms with E-state index in [1.165, 1.54) is 12.1 Å². The Bertz CT molecular complexity index is 699. The van der Waals surface area contributed by atoms with E-state index < -0.39 is 35.8 Å². The fourth-order valence-corrected chi connectivity index (χ4v) is 2.66. The second-order valence-electron chi connectivity index (χ2n) is 4.80. The summed E-state index contributed by atoms with van der Waals surface area (Å²) in [6, 6.07) is 8.09. The van der Waals surface area contributed by atoms with Gasteiger partial charge < -0.3 is 10.1 Å². The lowest BCUT2D eigenvalue weighted by molar-refractivity contribution is -0.138. The number of carbonyl (C=O) groups is 2. The van der Waals surface area contributed by atoms with Crippen LogP contribution in [0.15, 0.2) is 41.8 Å². The van der Waals surface area contributed by atoms with Crippen molar-refractivity contribution in [3.8, 4) is 0 Å². The number of halogens is 3. The molecule has 24 heavy (non-hydrogen) atoms. The highest BCUT2D eigenvalue weighted by Crippen LogP contribution is 2.32. The van der Waals surface area contributed by atoms with Crippen molar-refractivity contribution in [3.63, 3.8) is 0 Å². The lowest BCUT2D eigenvalue weighted by Crippen LogP contribution is -2.30. The topological polar surface area (TPSA) is 55.4 Å². The van der Waals surface area contributed by atoms with Gasteiger partial charge in [-0.25, -0.2) is 4.79 Å². The number of alkyl halides is 3. The molecule has 0 fully saturated rings. The number of ether oxygens (including phenoxy) is 1. The van der Waals surface area contributed by atoms with E-state index in [2.05, 4.69) is 10.1 Å². The predicted octanol–water partition coefficient (Wildman–Crippen LogP) is 3.28. The Morgan fingerprint density at radius 1 is 1.12 bits per heavy atom. The number of nitrogens with one attached hydrogen (secondary N) is 1. The molecule has 0 spiro atoms. The summed E-state index contributed by atoms with van der Waals surface area (Å²) in [6.45, 7) is -0.272. The van der Waals surface area contributed by atoms with Crippen LogP contribution in [0, 0.1) is 0 Å². The van der Waals surface area contributed by atoms with Crippen LogP contribution in [0.2, 0.25) is 0 Å². The first-order valence-electron chi connectivity index (χ1n) is 7.00. The first kappa shape index (κ1) is 18.0. The number of carbonyl (C=O) groups excluding carboxylic acids is 2. The number of rotatable bonds is 6. The van der Waals surface area contributed by atoms with Crippen LogP contribution in [-0.4, -0.2) is 25.0 Å². The number of hydrogen-bond acceptors (Lipinski definition) is 4. The minimum Gasteiger partial charge on any atom is -0.452 e. The summed E-state index contributed by atoms with van der Waals surface area (Å²) in [6.07, 6.45) is -4.03. The molecule has 4 nitrogen and oxygen atoms in total. The summed E-state index contributed by atoms with van der Waals surface area (Å²) in [5.41, 5.74) is -1.70. The largest absolute Gasteiger partial charge is 0.452 e. The van der Waals surface area contributed by atoms with Gasteiger partial charge in [-0.05, 0) is 30.0 Å². The molecule has 1 aromatic carbocycles. The molecule has 0 aliphatic heterocycles. The van der Waals surface area contributed by atoms with E-state index in [1.54, 1.807) is 11.3 Å². The molecule has 128 valence electrons. The summed E-state index contributed by atoms with van der Waals surface area (Å²) >= 11 is 1.55. The molecule has 0 saturated heterocycles. The van der Waals surface area contributed by atoms with Crippen LogP contribution in [0.25, 0.3) is 0 Å². The molecule has 1 aromatic heterocycles. The van der Waals surface area contributed by atoms with Crippen LogP contribution < -0.4 is 5.32 Å². The van der Waals surface area contributed by atoms with E-state index in [0.717, 1.165) is 17.0 Å². The maximum Gasteiger partial charge on any atom is 0.417 e. The molecule has 0 unspecified atom stereocenters. The minimum absolute atomic E-state index is 0.357. The van der Waals surface area contributed by atoms with E-state index in [4.69, 9.17) is 0 Å². The van der Waals surface area contributed by atoms with E-state index in [1.807, 2.05) is 17.5 Å². The van der Waals surface area contributed by atoms with Gasteiger partial charge >= 0.3 is 12.1 Å². The maximum atomic E-state index is 12.8. The highest BCUT2D eigenvalue weighted by Gasteiger charge is 2.35. The van der Waals surface area contributed by atoms with Crippen molar-refractivity contribution in [3.05, 3.63) is 57.8 Å². The normalized spacial score (nSPS) is 11.1. The molecule has 1 amide bonds. The third-order valence-corrected chi connectivity index (χ3v) is 4.00. The first-order valence-corrected chi connectivity index (χ1v) is 7.88. The lowest BCUT2D eigenvalue weighted by Gasteiger charge is -2.12. The summed E-state index contributed by atoms with van der Waals surface area (Å²) in [5.74, 6) is -1.75. The molecular weight excluding hydrogens is 343 g/mol. The number of thiophene rings is 1. The number of hydrogen-bond donors (Lipinski definition) is 1. The molecule has 8 heteroatoms. The first-order chi connectivity index (χ1) is 11.4. The van der Waals surface area contributed by atoms with Gasteiger partial charge in [0, 0.05) is 11.4 Å². The van der Waals surface area contributed by atoms with Crippen molar-refractivity contribution in [2.75, 3.05) is 13.2 Å². The molecule has 0 aliphatic rings. The predicted molar refractivity (Wildman–Crippen MR) is 82.8 cm³/mol. The highest BCUT2D eigenvalue weighted by molar-refractivity contribution is 7.09. The van der Waals surface area contributed by atoms with E-state index >= 15 is 0 Å². The second kappa shape index (κ2) is 7.96. The highest BCUT2D eigenvalue weighted by atomic mass is 32.1. The molecule has 0 aliphatic carbocycles. The molecule has 2 aromatic rings. The zero-order valence-corrected chi connectivity index (χ0v) is 13.2. The van der Waals surface area contributed by atoms with Gasteiger partial charge in [0.1, 0.15) is 0 Å². The fourth-order valence-electron chi connectivity index (χ4n) is 1.95. The van der Waals surface area contributed by atoms with E-state index in [-0.39, 0.29) is 0 Å². The van der Waals surface area contributed by atoms with Crippen molar-refractivity contribution < 1.29 is 27.5 Å². The Kier molecular flexibility index (Phi) is 5.97. The van der Waals surface area contributed by atoms with Crippen LogP contribution in [0.4, 0.5) is 13.2 Å². The van der Waals surface area contributed by atoms with Crippen LogP contribution >= 0.6 is 11.3 Å². The average Bonchev–Trinajstić information content (AvgIpc) is 3.05. The van der Waals surface area contributed by atoms with Gasteiger partial charge in [0.05, 0.1) is 11.1 Å². The van der Waals surface area contributed by atoms with Gasteiger partial charge in [-0.3, -0.25) is 4.79 Å². The van der Waals surface area contributed by atoms with Gasteiger partial charge in [-0.15, -0.1) is 11.3 Å².